The van der Waals surface area contributed by atoms with E-state index in [1.54, 1.807) is 30.3 Å². The maximum absolute atomic E-state index is 13.4. The van der Waals surface area contributed by atoms with E-state index >= 15 is 0 Å². The van der Waals surface area contributed by atoms with E-state index in [1.165, 1.54) is 22.1 Å². The van der Waals surface area contributed by atoms with Gasteiger partial charge < -0.3 is 4.90 Å². The van der Waals surface area contributed by atoms with E-state index in [4.69, 9.17) is 23.2 Å². The predicted octanol–water partition coefficient (Wildman–Crippen LogP) is 5.15. The summed E-state index contributed by atoms with van der Waals surface area (Å²) in [6.07, 6.45) is 1.54. The van der Waals surface area contributed by atoms with Gasteiger partial charge in [-0.15, -0.1) is 12.4 Å². The van der Waals surface area contributed by atoms with Crippen molar-refractivity contribution in [3.63, 3.8) is 0 Å². The highest BCUT2D eigenvalue weighted by Gasteiger charge is 2.32. The summed E-state index contributed by atoms with van der Waals surface area (Å²) in [7, 11) is 0.267. The van der Waals surface area contributed by atoms with E-state index in [-0.39, 0.29) is 17.3 Å². The molecule has 1 aliphatic rings. The Labute approximate surface area is 198 Å². The van der Waals surface area contributed by atoms with E-state index in [2.05, 4.69) is 4.90 Å². The van der Waals surface area contributed by atoms with E-state index in [0.29, 0.717) is 44.5 Å². The molecular formula is C20H22Cl3N3O2S2. The molecule has 1 fully saturated rings. The Balaban J connectivity index is 0.00000320. The normalized spacial score (nSPS) is 15.6. The fourth-order valence-electron chi connectivity index (χ4n) is 3.28. The number of nitrogens with zero attached hydrogens (tertiary/aromatic N) is 3. The fourth-order valence-corrected chi connectivity index (χ4v) is 6.64. The first kappa shape index (κ1) is 25.3. The quantitative estimate of drug-likeness (QED) is 0.561. The summed E-state index contributed by atoms with van der Waals surface area (Å²) in [6.45, 7) is 0.897. The monoisotopic (exact) mass is 505 g/mol. The zero-order valence-corrected chi connectivity index (χ0v) is 20.5. The van der Waals surface area contributed by atoms with Crippen LogP contribution in [-0.2, 0) is 10.0 Å². The summed E-state index contributed by atoms with van der Waals surface area (Å²) >= 11 is 13.6. The molecule has 0 aliphatic carbocycles. The van der Waals surface area contributed by atoms with Gasteiger partial charge in [0.1, 0.15) is 0 Å². The van der Waals surface area contributed by atoms with Gasteiger partial charge in [0.05, 0.1) is 21.6 Å². The van der Waals surface area contributed by atoms with Crippen LogP contribution in [0, 0.1) is 11.3 Å². The van der Waals surface area contributed by atoms with Gasteiger partial charge in [0, 0.05) is 33.9 Å². The molecule has 0 atom stereocenters. The Morgan fingerprint density at radius 2 is 1.77 bits per heavy atom. The molecule has 30 heavy (non-hydrogen) atoms. The van der Waals surface area contributed by atoms with Crippen LogP contribution in [0.25, 0.3) is 0 Å². The summed E-state index contributed by atoms with van der Waals surface area (Å²) in [5, 5.41) is 10.3. The van der Waals surface area contributed by atoms with Gasteiger partial charge in [-0.2, -0.15) is 9.57 Å². The van der Waals surface area contributed by atoms with Crippen LogP contribution in [0.15, 0.2) is 51.1 Å². The Morgan fingerprint density at radius 1 is 1.10 bits per heavy atom. The number of benzene rings is 2. The van der Waals surface area contributed by atoms with Crippen LogP contribution in [-0.4, -0.2) is 50.8 Å². The smallest absolute Gasteiger partial charge is 0.244 e. The molecule has 0 radical (unpaired) electrons. The van der Waals surface area contributed by atoms with E-state index in [9.17, 15) is 13.7 Å². The highest BCUT2D eigenvalue weighted by atomic mass is 35.5. The van der Waals surface area contributed by atoms with Crippen molar-refractivity contribution in [3.8, 4) is 6.07 Å². The van der Waals surface area contributed by atoms with E-state index in [1.807, 2.05) is 20.2 Å². The van der Waals surface area contributed by atoms with Gasteiger partial charge in [0.15, 0.2) is 0 Å². The third-order valence-electron chi connectivity index (χ3n) is 4.96. The number of nitriles is 1. The first-order valence-corrected chi connectivity index (χ1v) is 12.1. The van der Waals surface area contributed by atoms with Gasteiger partial charge in [-0.05, 0) is 63.3 Å². The van der Waals surface area contributed by atoms with Crippen LogP contribution in [0.5, 0.6) is 0 Å². The molecule has 162 valence electrons. The molecule has 0 N–H and O–H groups in total. The van der Waals surface area contributed by atoms with Crippen LogP contribution in [0.3, 0.4) is 0 Å². The molecule has 1 saturated heterocycles. The molecular weight excluding hydrogens is 485 g/mol. The molecule has 2 aromatic rings. The number of halogens is 3. The van der Waals surface area contributed by atoms with Crippen molar-refractivity contribution in [1.29, 1.82) is 5.26 Å². The lowest BCUT2D eigenvalue weighted by atomic mass is 10.1. The summed E-state index contributed by atoms with van der Waals surface area (Å²) < 4.78 is 28.4. The molecule has 1 aliphatic heterocycles. The first-order valence-electron chi connectivity index (χ1n) is 9.06. The van der Waals surface area contributed by atoms with Crippen molar-refractivity contribution >= 4 is 57.4 Å². The van der Waals surface area contributed by atoms with Crippen molar-refractivity contribution in [2.45, 2.75) is 33.6 Å². The molecule has 10 heteroatoms. The molecule has 0 unspecified atom stereocenters. The first-order chi connectivity index (χ1) is 13.7. The maximum Gasteiger partial charge on any atom is 0.244 e. The predicted molar refractivity (Wildman–Crippen MR) is 124 cm³/mol. The minimum Gasteiger partial charge on any atom is -0.306 e. The lowest BCUT2D eigenvalue weighted by Crippen LogP contribution is -2.44. The number of rotatable bonds is 5. The third kappa shape index (κ3) is 5.63. The zero-order chi connectivity index (χ0) is 21.2. The molecule has 5 nitrogen and oxygen atoms in total. The molecule has 0 saturated carbocycles. The zero-order valence-electron chi connectivity index (χ0n) is 16.5. The van der Waals surface area contributed by atoms with Gasteiger partial charge in [-0.25, -0.2) is 8.42 Å². The summed E-state index contributed by atoms with van der Waals surface area (Å²) in [5.74, 6) is 0. The van der Waals surface area contributed by atoms with Crippen LogP contribution < -0.4 is 0 Å². The second-order valence-electron chi connectivity index (χ2n) is 7.05. The second kappa shape index (κ2) is 10.6. The molecule has 1 heterocycles. The summed E-state index contributed by atoms with van der Waals surface area (Å²) in [5.41, 5.74) is 0.299. The Hall–Kier alpha value is -0.980. The third-order valence-corrected chi connectivity index (χ3v) is 8.84. The van der Waals surface area contributed by atoms with Crippen molar-refractivity contribution in [1.82, 2.24) is 9.21 Å². The summed E-state index contributed by atoms with van der Waals surface area (Å²) in [6, 6.07) is 12.2. The van der Waals surface area contributed by atoms with E-state index < -0.39 is 10.0 Å². The van der Waals surface area contributed by atoms with Gasteiger partial charge in [-0.1, -0.05) is 35.0 Å². The maximum atomic E-state index is 13.4. The van der Waals surface area contributed by atoms with Gasteiger partial charge in [-0.3, -0.25) is 0 Å². The lowest BCUT2D eigenvalue weighted by Gasteiger charge is -2.34. The molecule has 0 amide bonds. The van der Waals surface area contributed by atoms with Crippen LogP contribution in [0.1, 0.15) is 18.4 Å². The number of sulfonamides is 1. The fraction of sp³-hybridized carbons (Fsp3) is 0.350. The van der Waals surface area contributed by atoms with Crippen LogP contribution in [0.2, 0.25) is 10.0 Å². The Morgan fingerprint density at radius 3 is 2.37 bits per heavy atom. The van der Waals surface area contributed by atoms with Crippen molar-refractivity contribution < 1.29 is 8.42 Å². The minimum absolute atomic E-state index is 0. The highest BCUT2D eigenvalue weighted by molar-refractivity contribution is 8.00. The van der Waals surface area contributed by atoms with Gasteiger partial charge >= 0.3 is 0 Å². The van der Waals surface area contributed by atoms with Crippen LogP contribution in [0.4, 0.5) is 0 Å². The average Bonchev–Trinajstić information content (AvgIpc) is 2.71. The van der Waals surface area contributed by atoms with Gasteiger partial charge in [0.2, 0.25) is 10.0 Å². The molecule has 0 bridgehead atoms. The van der Waals surface area contributed by atoms with Crippen molar-refractivity contribution in [3.05, 3.63) is 52.0 Å². The topological polar surface area (TPSA) is 64.4 Å². The average molecular weight is 507 g/mol. The standard InChI is InChI=1S/C20H21Cl2N3O2S2.ClH/c1-24(2)16-7-9-25(10-8-16)29(26,27)20-11-14(13-23)3-6-18(20)28-19-12-15(21)4-5-17(19)22;/h3-6,11-12,16H,7-10H2,1-2H3;1H. The Bertz CT molecular complexity index is 1050. The Kier molecular flexibility index (Phi) is 8.90. The number of piperidine rings is 1. The largest absolute Gasteiger partial charge is 0.306 e. The number of hydrogen-bond donors (Lipinski definition) is 0. The lowest BCUT2D eigenvalue weighted by molar-refractivity contribution is 0.196. The molecule has 2 aromatic carbocycles. The van der Waals surface area contributed by atoms with Gasteiger partial charge in [0.25, 0.3) is 0 Å². The number of hydrogen-bond acceptors (Lipinski definition) is 5. The van der Waals surface area contributed by atoms with E-state index in [0.717, 1.165) is 12.8 Å². The van der Waals surface area contributed by atoms with Crippen molar-refractivity contribution in [2.24, 2.45) is 0 Å². The molecule has 0 spiro atoms. The van der Waals surface area contributed by atoms with Crippen molar-refractivity contribution in [2.75, 3.05) is 27.2 Å². The summed E-state index contributed by atoms with van der Waals surface area (Å²) in [4.78, 5) is 3.43. The van der Waals surface area contributed by atoms with Crippen LogP contribution >= 0.6 is 47.4 Å². The molecule has 0 aromatic heterocycles. The molecule has 3 rings (SSSR count). The minimum atomic E-state index is -3.75. The second-order valence-corrected chi connectivity index (χ2v) is 10.9. The SMILES string of the molecule is CN(C)C1CCN(S(=O)(=O)c2cc(C#N)ccc2Sc2cc(Cl)ccc2Cl)CC1.Cl. The highest BCUT2D eigenvalue weighted by Crippen LogP contribution is 2.39.